The molecule has 0 saturated heterocycles. The highest BCUT2D eigenvalue weighted by atomic mass is 35.5. The molecule has 0 fully saturated rings. The van der Waals surface area contributed by atoms with E-state index in [0.717, 1.165) is 16.5 Å². The summed E-state index contributed by atoms with van der Waals surface area (Å²) in [6.45, 7) is 1.89. The van der Waals surface area contributed by atoms with Crippen LogP contribution in [0, 0.1) is 6.92 Å². The number of aromatic nitrogens is 1. The first-order valence-electron chi connectivity index (χ1n) is 6.31. The molecule has 0 radical (unpaired) electrons. The molecule has 1 heterocycles. The maximum Gasteiger partial charge on any atom is 0.193 e. The first-order chi connectivity index (χ1) is 9.66. The average Bonchev–Trinajstić information content (AvgIpc) is 2.46. The molecule has 0 aliphatic carbocycles. The number of nitrogens with zero attached hydrogens (tertiary/aromatic N) is 1. The van der Waals surface area contributed by atoms with E-state index in [1.165, 1.54) is 0 Å². The first-order valence-corrected chi connectivity index (χ1v) is 6.69. The van der Waals surface area contributed by atoms with Crippen LogP contribution in [0.2, 0.25) is 5.02 Å². The third kappa shape index (κ3) is 2.19. The van der Waals surface area contributed by atoms with E-state index >= 15 is 0 Å². The minimum atomic E-state index is -0.00207. The van der Waals surface area contributed by atoms with Gasteiger partial charge in [-0.3, -0.25) is 9.78 Å². The number of aryl methyl sites for hydroxylation is 1. The van der Waals surface area contributed by atoms with E-state index in [9.17, 15) is 4.79 Å². The van der Waals surface area contributed by atoms with Gasteiger partial charge < -0.3 is 0 Å². The number of pyridine rings is 1. The van der Waals surface area contributed by atoms with Gasteiger partial charge in [-0.2, -0.15) is 0 Å². The third-order valence-corrected chi connectivity index (χ3v) is 3.56. The Bertz CT molecular complexity index is 806. The van der Waals surface area contributed by atoms with Crippen LogP contribution in [0.25, 0.3) is 10.9 Å². The molecule has 0 amide bonds. The maximum atomic E-state index is 12.7. The SMILES string of the molecule is Cc1cc(Cl)ccc1C(=O)c1cccc2ncccc12. The molecule has 3 rings (SSSR count). The van der Waals surface area contributed by atoms with Gasteiger partial charge in [0.25, 0.3) is 0 Å². The van der Waals surface area contributed by atoms with E-state index in [4.69, 9.17) is 11.6 Å². The standard InChI is InChI=1S/C17H12ClNO/c1-11-10-12(18)7-8-13(11)17(20)15-4-2-6-16-14(15)5-3-9-19-16/h2-10H,1H3. The Hall–Kier alpha value is -2.19. The zero-order chi connectivity index (χ0) is 14.1. The van der Waals surface area contributed by atoms with Crippen molar-refractivity contribution in [3.63, 3.8) is 0 Å². The zero-order valence-electron chi connectivity index (χ0n) is 10.9. The van der Waals surface area contributed by atoms with E-state index in [0.29, 0.717) is 16.1 Å². The van der Waals surface area contributed by atoms with Gasteiger partial charge in [-0.25, -0.2) is 0 Å². The van der Waals surface area contributed by atoms with E-state index in [1.807, 2.05) is 37.3 Å². The summed E-state index contributed by atoms with van der Waals surface area (Å²) in [6.07, 6.45) is 1.73. The Morgan fingerprint density at radius 2 is 1.90 bits per heavy atom. The largest absolute Gasteiger partial charge is 0.289 e. The molecule has 98 valence electrons. The molecule has 0 bridgehead atoms. The Morgan fingerprint density at radius 1 is 1.05 bits per heavy atom. The number of carbonyl (C=O) groups is 1. The van der Waals surface area contributed by atoms with Crippen LogP contribution in [0.1, 0.15) is 21.5 Å². The Labute approximate surface area is 122 Å². The summed E-state index contributed by atoms with van der Waals surface area (Å²) in [5, 5.41) is 1.51. The number of ketones is 1. The highest BCUT2D eigenvalue weighted by Gasteiger charge is 2.14. The lowest BCUT2D eigenvalue weighted by atomic mass is 9.96. The van der Waals surface area contributed by atoms with Gasteiger partial charge in [0.1, 0.15) is 0 Å². The van der Waals surface area contributed by atoms with Crippen molar-refractivity contribution in [1.82, 2.24) is 4.98 Å². The summed E-state index contributed by atoms with van der Waals surface area (Å²) in [6, 6.07) is 14.7. The molecular weight excluding hydrogens is 270 g/mol. The molecule has 1 aromatic heterocycles. The third-order valence-electron chi connectivity index (χ3n) is 3.32. The molecule has 0 saturated carbocycles. The highest BCUT2D eigenvalue weighted by Crippen LogP contribution is 2.23. The Kier molecular flexibility index (Phi) is 3.25. The average molecular weight is 282 g/mol. The van der Waals surface area contributed by atoms with Crippen LogP contribution in [0.3, 0.4) is 0 Å². The lowest BCUT2D eigenvalue weighted by molar-refractivity contribution is 0.103. The minimum Gasteiger partial charge on any atom is -0.289 e. The molecule has 0 aliphatic rings. The van der Waals surface area contributed by atoms with Gasteiger partial charge in [-0.05, 0) is 42.8 Å². The normalized spacial score (nSPS) is 10.7. The highest BCUT2D eigenvalue weighted by molar-refractivity contribution is 6.31. The summed E-state index contributed by atoms with van der Waals surface area (Å²) < 4.78 is 0. The number of hydrogen-bond donors (Lipinski definition) is 0. The molecule has 2 aromatic carbocycles. The predicted octanol–water partition coefficient (Wildman–Crippen LogP) is 4.43. The smallest absolute Gasteiger partial charge is 0.193 e. The van der Waals surface area contributed by atoms with Crippen LogP contribution < -0.4 is 0 Å². The first kappa shape index (κ1) is 12.8. The van der Waals surface area contributed by atoms with Crippen molar-refractivity contribution in [3.8, 4) is 0 Å². The van der Waals surface area contributed by atoms with Crippen molar-refractivity contribution in [2.45, 2.75) is 6.92 Å². The van der Waals surface area contributed by atoms with Gasteiger partial charge in [0.15, 0.2) is 5.78 Å². The van der Waals surface area contributed by atoms with Crippen LogP contribution >= 0.6 is 11.6 Å². The van der Waals surface area contributed by atoms with Crippen molar-refractivity contribution in [2.75, 3.05) is 0 Å². The monoisotopic (exact) mass is 281 g/mol. The van der Waals surface area contributed by atoms with Gasteiger partial charge in [0.05, 0.1) is 5.52 Å². The molecule has 0 aliphatic heterocycles. The van der Waals surface area contributed by atoms with Gasteiger partial charge in [0.2, 0.25) is 0 Å². The van der Waals surface area contributed by atoms with Crippen molar-refractivity contribution < 1.29 is 4.79 Å². The summed E-state index contributed by atoms with van der Waals surface area (Å²) in [4.78, 5) is 17.0. The van der Waals surface area contributed by atoms with E-state index in [1.54, 1.807) is 24.4 Å². The number of rotatable bonds is 2. The molecule has 0 spiro atoms. The summed E-state index contributed by atoms with van der Waals surface area (Å²) >= 11 is 5.94. The van der Waals surface area contributed by atoms with E-state index in [2.05, 4.69) is 4.98 Å². The van der Waals surface area contributed by atoms with Gasteiger partial charge in [0, 0.05) is 27.7 Å². The number of fused-ring (bicyclic) bond motifs is 1. The van der Waals surface area contributed by atoms with Crippen molar-refractivity contribution in [1.29, 1.82) is 0 Å². The second kappa shape index (κ2) is 5.06. The number of hydrogen-bond acceptors (Lipinski definition) is 2. The van der Waals surface area contributed by atoms with Crippen LogP contribution in [0.5, 0.6) is 0 Å². The van der Waals surface area contributed by atoms with Crippen molar-refractivity contribution in [2.24, 2.45) is 0 Å². The summed E-state index contributed by atoms with van der Waals surface area (Å²) in [7, 11) is 0. The lowest BCUT2D eigenvalue weighted by Gasteiger charge is -2.08. The molecule has 0 N–H and O–H groups in total. The quantitative estimate of drug-likeness (QED) is 0.651. The molecule has 3 heteroatoms. The summed E-state index contributed by atoms with van der Waals surface area (Å²) in [5.41, 5.74) is 3.04. The number of carbonyl (C=O) groups excluding carboxylic acids is 1. The molecule has 0 atom stereocenters. The Balaban J connectivity index is 2.18. The van der Waals surface area contributed by atoms with Crippen LogP contribution in [0.4, 0.5) is 0 Å². The van der Waals surface area contributed by atoms with Crippen molar-refractivity contribution in [3.05, 3.63) is 76.4 Å². The fourth-order valence-electron chi connectivity index (χ4n) is 2.33. The van der Waals surface area contributed by atoms with E-state index < -0.39 is 0 Å². The minimum absolute atomic E-state index is 0.00207. The fraction of sp³-hybridized carbons (Fsp3) is 0.0588. The lowest BCUT2D eigenvalue weighted by Crippen LogP contribution is -2.04. The van der Waals surface area contributed by atoms with Gasteiger partial charge >= 0.3 is 0 Å². The molecule has 20 heavy (non-hydrogen) atoms. The summed E-state index contributed by atoms with van der Waals surface area (Å²) in [5.74, 6) is -0.00207. The fourth-order valence-corrected chi connectivity index (χ4v) is 2.55. The number of benzene rings is 2. The van der Waals surface area contributed by atoms with Gasteiger partial charge in [-0.15, -0.1) is 0 Å². The molecule has 0 unspecified atom stereocenters. The Morgan fingerprint density at radius 3 is 2.70 bits per heavy atom. The second-order valence-electron chi connectivity index (χ2n) is 4.66. The van der Waals surface area contributed by atoms with Crippen LogP contribution in [0.15, 0.2) is 54.7 Å². The molecule has 2 nitrogen and oxygen atoms in total. The van der Waals surface area contributed by atoms with Gasteiger partial charge in [-0.1, -0.05) is 29.8 Å². The predicted molar refractivity (Wildman–Crippen MR) is 81.4 cm³/mol. The zero-order valence-corrected chi connectivity index (χ0v) is 11.7. The van der Waals surface area contributed by atoms with Crippen LogP contribution in [-0.2, 0) is 0 Å². The maximum absolute atomic E-state index is 12.7. The number of halogens is 1. The van der Waals surface area contributed by atoms with E-state index in [-0.39, 0.29) is 5.78 Å². The topological polar surface area (TPSA) is 30.0 Å². The molecular formula is C17H12ClNO. The molecule has 3 aromatic rings. The van der Waals surface area contributed by atoms with Crippen molar-refractivity contribution >= 4 is 28.3 Å². The second-order valence-corrected chi connectivity index (χ2v) is 5.10. The van der Waals surface area contributed by atoms with Crippen LogP contribution in [-0.4, -0.2) is 10.8 Å².